The molecular formula is C20H18N2O3S. The summed E-state index contributed by atoms with van der Waals surface area (Å²) in [5.74, 6) is -0.245. The molecule has 1 aliphatic rings. The lowest BCUT2D eigenvalue weighted by atomic mass is 10.1. The molecule has 0 saturated carbocycles. The standard InChI is InChI=1S/C20H18N2O3S/c1-12-7-8-13(2)16(11-12)22-18(23)14-5-3-4-6-15(14)21-20(22)26-17-9-10-25-19(17)24/h3-8,11,17H,9-10H2,1-2H3. The normalized spacial score (nSPS) is 16.8. The number of esters is 1. The van der Waals surface area contributed by atoms with Crippen LogP contribution in [0.15, 0.2) is 52.4 Å². The molecule has 4 rings (SSSR count). The number of benzene rings is 2. The third-order valence-corrected chi connectivity index (χ3v) is 5.68. The zero-order valence-electron chi connectivity index (χ0n) is 14.6. The second-order valence-corrected chi connectivity index (χ2v) is 7.57. The fourth-order valence-corrected chi connectivity index (χ4v) is 4.15. The average Bonchev–Trinajstić information content (AvgIpc) is 3.03. The second-order valence-electron chi connectivity index (χ2n) is 6.40. The lowest BCUT2D eigenvalue weighted by Gasteiger charge is -2.16. The SMILES string of the molecule is Cc1ccc(C)c(-n2c(SC3CCOC3=O)nc3ccccc3c2=O)c1. The minimum atomic E-state index is -0.334. The van der Waals surface area contributed by atoms with E-state index >= 15 is 0 Å². The van der Waals surface area contributed by atoms with Crippen LogP contribution in [0.3, 0.4) is 0 Å². The molecule has 1 aliphatic heterocycles. The lowest BCUT2D eigenvalue weighted by molar-refractivity contribution is -0.137. The van der Waals surface area contributed by atoms with Crippen molar-refractivity contribution >= 4 is 28.6 Å². The van der Waals surface area contributed by atoms with Crippen LogP contribution in [0.4, 0.5) is 0 Å². The number of fused-ring (bicyclic) bond motifs is 1. The van der Waals surface area contributed by atoms with Crippen LogP contribution >= 0.6 is 11.8 Å². The maximum atomic E-state index is 13.3. The first-order valence-corrected chi connectivity index (χ1v) is 9.35. The summed E-state index contributed by atoms with van der Waals surface area (Å²) in [5.41, 5.74) is 3.33. The van der Waals surface area contributed by atoms with E-state index in [0.717, 1.165) is 16.8 Å². The molecule has 132 valence electrons. The zero-order valence-corrected chi connectivity index (χ0v) is 15.4. The van der Waals surface area contributed by atoms with Crippen molar-refractivity contribution in [2.45, 2.75) is 30.7 Å². The molecule has 1 unspecified atom stereocenters. The molecule has 0 bridgehead atoms. The van der Waals surface area contributed by atoms with Gasteiger partial charge in [-0.15, -0.1) is 0 Å². The van der Waals surface area contributed by atoms with Crippen molar-refractivity contribution in [1.82, 2.24) is 9.55 Å². The van der Waals surface area contributed by atoms with Crippen molar-refractivity contribution in [3.8, 4) is 5.69 Å². The number of ether oxygens (including phenoxy) is 1. The van der Waals surface area contributed by atoms with E-state index in [1.54, 1.807) is 10.6 Å². The highest BCUT2D eigenvalue weighted by atomic mass is 32.2. The molecule has 6 heteroatoms. The van der Waals surface area contributed by atoms with Gasteiger partial charge in [-0.05, 0) is 43.2 Å². The lowest BCUT2D eigenvalue weighted by Crippen LogP contribution is -2.24. The Hall–Kier alpha value is -2.60. The Bertz CT molecular complexity index is 1070. The highest BCUT2D eigenvalue weighted by Gasteiger charge is 2.30. The second kappa shape index (κ2) is 6.61. The minimum Gasteiger partial charge on any atom is -0.465 e. The van der Waals surface area contributed by atoms with E-state index in [-0.39, 0.29) is 16.8 Å². The molecule has 0 amide bonds. The average molecular weight is 366 g/mol. The first kappa shape index (κ1) is 16.8. The Morgan fingerprint density at radius 2 is 1.96 bits per heavy atom. The number of para-hydroxylation sites is 1. The molecule has 0 N–H and O–H groups in total. The van der Waals surface area contributed by atoms with E-state index in [1.807, 2.05) is 50.2 Å². The van der Waals surface area contributed by atoms with Crippen molar-refractivity contribution in [2.75, 3.05) is 6.61 Å². The molecule has 0 aliphatic carbocycles. The quantitative estimate of drug-likeness (QED) is 0.525. The van der Waals surface area contributed by atoms with Crippen LogP contribution in [0, 0.1) is 13.8 Å². The maximum absolute atomic E-state index is 13.3. The Morgan fingerprint density at radius 1 is 1.15 bits per heavy atom. The number of carbonyl (C=O) groups is 1. The highest BCUT2D eigenvalue weighted by molar-refractivity contribution is 8.00. The fraction of sp³-hybridized carbons (Fsp3) is 0.250. The van der Waals surface area contributed by atoms with Crippen LogP contribution in [-0.2, 0) is 9.53 Å². The third kappa shape index (κ3) is 2.90. The van der Waals surface area contributed by atoms with Gasteiger partial charge in [-0.2, -0.15) is 0 Å². The number of cyclic esters (lactones) is 1. The van der Waals surface area contributed by atoms with Gasteiger partial charge in [0.1, 0.15) is 5.25 Å². The smallest absolute Gasteiger partial charge is 0.319 e. The van der Waals surface area contributed by atoms with Crippen molar-refractivity contribution in [3.05, 3.63) is 63.9 Å². The molecule has 1 atom stereocenters. The number of aryl methyl sites for hydroxylation is 2. The number of nitrogens with zero attached hydrogens (tertiary/aromatic N) is 2. The summed E-state index contributed by atoms with van der Waals surface area (Å²) < 4.78 is 6.69. The molecule has 2 aromatic carbocycles. The number of aromatic nitrogens is 2. The topological polar surface area (TPSA) is 61.2 Å². The van der Waals surface area contributed by atoms with Gasteiger partial charge in [0, 0.05) is 6.42 Å². The van der Waals surface area contributed by atoms with E-state index in [1.165, 1.54) is 11.8 Å². The van der Waals surface area contributed by atoms with Crippen LogP contribution in [-0.4, -0.2) is 27.4 Å². The first-order valence-electron chi connectivity index (χ1n) is 8.47. The van der Waals surface area contributed by atoms with Gasteiger partial charge in [-0.3, -0.25) is 14.2 Å². The Kier molecular flexibility index (Phi) is 4.28. The van der Waals surface area contributed by atoms with Crippen molar-refractivity contribution in [1.29, 1.82) is 0 Å². The monoisotopic (exact) mass is 366 g/mol. The van der Waals surface area contributed by atoms with Crippen LogP contribution in [0.25, 0.3) is 16.6 Å². The Balaban J connectivity index is 1.97. The van der Waals surface area contributed by atoms with Crippen LogP contribution in [0.2, 0.25) is 0 Å². The summed E-state index contributed by atoms with van der Waals surface area (Å²) in [6.45, 7) is 4.37. The maximum Gasteiger partial charge on any atom is 0.319 e. The molecular weight excluding hydrogens is 348 g/mol. The third-order valence-electron chi connectivity index (χ3n) is 4.49. The van der Waals surface area contributed by atoms with Gasteiger partial charge >= 0.3 is 5.97 Å². The molecule has 5 nitrogen and oxygen atoms in total. The van der Waals surface area contributed by atoms with Gasteiger partial charge < -0.3 is 4.74 Å². The van der Waals surface area contributed by atoms with Crippen LogP contribution in [0.5, 0.6) is 0 Å². The van der Waals surface area contributed by atoms with Crippen molar-refractivity contribution in [2.24, 2.45) is 0 Å². The number of rotatable bonds is 3. The Morgan fingerprint density at radius 3 is 2.73 bits per heavy atom. The van der Waals surface area contributed by atoms with Crippen LogP contribution in [0.1, 0.15) is 17.5 Å². The van der Waals surface area contributed by atoms with E-state index in [0.29, 0.717) is 29.1 Å². The summed E-state index contributed by atoms with van der Waals surface area (Å²) in [5, 5.41) is 0.748. The number of hydrogen-bond acceptors (Lipinski definition) is 5. The molecule has 26 heavy (non-hydrogen) atoms. The molecule has 0 radical (unpaired) electrons. The number of carbonyl (C=O) groups excluding carboxylic acids is 1. The predicted octanol–water partition coefficient (Wildman–Crippen LogP) is 3.41. The van der Waals surface area contributed by atoms with Crippen molar-refractivity contribution in [3.63, 3.8) is 0 Å². The van der Waals surface area contributed by atoms with E-state index in [4.69, 9.17) is 9.72 Å². The minimum absolute atomic E-state index is 0.127. The fourth-order valence-electron chi connectivity index (χ4n) is 3.08. The molecule has 0 spiro atoms. The predicted molar refractivity (Wildman–Crippen MR) is 102 cm³/mol. The molecule has 3 aromatic rings. The first-order chi connectivity index (χ1) is 12.5. The zero-order chi connectivity index (χ0) is 18.3. The van der Waals surface area contributed by atoms with Gasteiger partial charge in [0.2, 0.25) is 0 Å². The van der Waals surface area contributed by atoms with Gasteiger partial charge in [0.05, 0.1) is 23.2 Å². The van der Waals surface area contributed by atoms with E-state index < -0.39 is 0 Å². The largest absolute Gasteiger partial charge is 0.465 e. The van der Waals surface area contributed by atoms with Gasteiger partial charge in [0.25, 0.3) is 5.56 Å². The van der Waals surface area contributed by atoms with Gasteiger partial charge in [0.15, 0.2) is 5.16 Å². The molecule has 1 fully saturated rings. The Labute approximate surface area is 155 Å². The van der Waals surface area contributed by atoms with Crippen LogP contribution < -0.4 is 5.56 Å². The summed E-state index contributed by atoms with van der Waals surface area (Å²) >= 11 is 1.30. The molecule has 1 saturated heterocycles. The molecule has 2 heterocycles. The summed E-state index contributed by atoms with van der Waals surface area (Å²) in [6, 6.07) is 13.3. The van der Waals surface area contributed by atoms with Gasteiger partial charge in [-0.25, -0.2) is 4.98 Å². The van der Waals surface area contributed by atoms with Gasteiger partial charge in [-0.1, -0.05) is 36.0 Å². The molecule has 1 aromatic heterocycles. The number of hydrogen-bond donors (Lipinski definition) is 0. The van der Waals surface area contributed by atoms with E-state index in [2.05, 4.69) is 0 Å². The summed E-state index contributed by atoms with van der Waals surface area (Å²) in [7, 11) is 0. The summed E-state index contributed by atoms with van der Waals surface area (Å²) in [6.07, 6.45) is 0.624. The number of thioether (sulfide) groups is 1. The summed E-state index contributed by atoms with van der Waals surface area (Å²) in [4.78, 5) is 29.9. The van der Waals surface area contributed by atoms with E-state index in [9.17, 15) is 9.59 Å². The van der Waals surface area contributed by atoms with Crippen molar-refractivity contribution < 1.29 is 9.53 Å². The highest BCUT2D eigenvalue weighted by Crippen LogP contribution is 2.31.